The van der Waals surface area contributed by atoms with Crippen molar-refractivity contribution in [2.75, 3.05) is 19.0 Å². The number of ether oxygens (including phenoxy) is 1. The first kappa shape index (κ1) is 11.4. The van der Waals surface area contributed by atoms with Gasteiger partial charge >= 0.3 is 0 Å². The van der Waals surface area contributed by atoms with Crippen LogP contribution in [0.3, 0.4) is 0 Å². The Kier molecular flexibility index (Phi) is 2.65. The molecule has 1 aromatic heterocycles. The fraction of sp³-hybridized carbons (Fsp3) is 0.500. The van der Waals surface area contributed by atoms with E-state index in [1.807, 2.05) is 12.1 Å². The van der Waals surface area contributed by atoms with Crippen molar-refractivity contribution in [3.05, 3.63) is 18.2 Å². The van der Waals surface area contributed by atoms with E-state index in [-0.39, 0.29) is 0 Å². The molecule has 3 rings (SSSR count). The summed E-state index contributed by atoms with van der Waals surface area (Å²) in [5.41, 5.74) is 1.03. The Bertz CT molecular complexity index is 574. The standard InChI is InChI=1S/C14H19N3O/c1-9(2)13-6-7-15-14-11-8-10(18-3)4-5-12(11)16-17(13)14/h4-5,8-9,13,15H,6-7H2,1-3H3. The van der Waals surface area contributed by atoms with Crippen LogP contribution in [0, 0.1) is 5.92 Å². The van der Waals surface area contributed by atoms with E-state index in [0.29, 0.717) is 12.0 Å². The van der Waals surface area contributed by atoms with Crippen LogP contribution in [0.15, 0.2) is 18.2 Å². The second kappa shape index (κ2) is 4.19. The molecule has 0 spiro atoms. The first-order valence-electron chi connectivity index (χ1n) is 6.51. The molecule has 0 bridgehead atoms. The van der Waals surface area contributed by atoms with Crippen molar-refractivity contribution in [3.63, 3.8) is 0 Å². The smallest absolute Gasteiger partial charge is 0.132 e. The van der Waals surface area contributed by atoms with Crippen LogP contribution in [-0.4, -0.2) is 23.4 Å². The number of nitrogens with zero attached hydrogens (tertiary/aromatic N) is 2. The molecule has 0 aliphatic carbocycles. The monoisotopic (exact) mass is 245 g/mol. The number of aromatic nitrogens is 2. The molecule has 0 saturated carbocycles. The molecule has 1 aromatic carbocycles. The molecule has 1 N–H and O–H groups in total. The summed E-state index contributed by atoms with van der Waals surface area (Å²) < 4.78 is 7.44. The lowest BCUT2D eigenvalue weighted by Gasteiger charge is -2.28. The van der Waals surface area contributed by atoms with Crippen LogP contribution in [0.25, 0.3) is 10.9 Å². The minimum absolute atomic E-state index is 0.486. The van der Waals surface area contributed by atoms with Gasteiger partial charge in [-0.2, -0.15) is 5.10 Å². The summed E-state index contributed by atoms with van der Waals surface area (Å²) in [4.78, 5) is 0. The molecule has 4 heteroatoms. The van der Waals surface area contributed by atoms with E-state index >= 15 is 0 Å². The normalized spacial score (nSPS) is 18.8. The third-order valence-electron chi connectivity index (χ3n) is 3.72. The number of hydrogen-bond donors (Lipinski definition) is 1. The number of nitrogens with one attached hydrogen (secondary N) is 1. The van der Waals surface area contributed by atoms with Gasteiger partial charge in [-0.15, -0.1) is 0 Å². The zero-order valence-corrected chi connectivity index (χ0v) is 11.1. The quantitative estimate of drug-likeness (QED) is 0.883. The van der Waals surface area contributed by atoms with Crippen LogP contribution >= 0.6 is 0 Å². The number of methoxy groups -OCH3 is 1. The van der Waals surface area contributed by atoms with Crippen LogP contribution in [0.2, 0.25) is 0 Å². The minimum atomic E-state index is 0.486. The molecule has 1 aliphatic heterocycles. The summed E-state index contributed by atoms with van der Waals surface area (Å²) in [7, 11) is 1.70. The number of anilines is 1. The Morgan fingerprint density at radius 3 is 3.00 bits per heavy atom. The fourth-order valence-electron chi connectivity index (χ4n) is 2.70. The molecular weight excluding hydrogens is 226 g/mol. The Morgan fingerprint density at radius 2 is 2.28 bits per heavy atom. The predicted octanol–water partition coefficient (Wildman–Crippen LogP) is 3.06. The van der Waals surface area contributed by atoms with Crippen molar-refractivity contribution in [1.29, 1.82) is 0 Å². The maximum Gasteiger partial charge on any atom is 0.132 e. The van der Waals surface area contributed by atoms with Gasteiger partial charge in [-0.1, -0.05) is 13.8 Å². The molecule has 0 radical (unpaired) electrons. The summed E-state index contributed by atoms with van der Waals surface area (Å²) in [5, 5.41) is 9.35. The SMILES string of the molecule is COc1ccc2nn3c(c2c1)NCCC3C(C)C. The average molecular weight is 245 g/mol. The van der Waals surface area contributed by atoms with E-state index in [1.165, 1.54) is 0 Å². The van der Waals surface area contributed by atoms with E-state index in [2.05, 4.69) is 29.9 Å². The van der Waals surface area contributed by atoms with E-state index in [1.54, 1.807) is 7.11 Å². The Morgan fingerprint density at radius 1 is 1.44 bits per heavy atom. The number of fused-ring (bicyclic) bond motifs is 3. The van der Waals surface area contributed by atoms with Crippen molar-refractivity contribution in [2.24, 2.45) is 5.92 Å². The first-order valence-corrected chi connectivity index (χ1v) is 6.51. The summed E-state index contributed by atoms with van der Waals surface area (Å²) in [6, 6.07) is 6.54. The van der Waals surface area contributed by atoms with Gasteiger partial charge in [0, 0.05) is 11.9 Å². The molecule has 1 unspecified atom stereocenters. The molecule has 0 fully saturated rings. The molecule has 0 saturated heterocycles. The number of hydrogen-bond acceptors (Lipinski definition) is 3. The summed E-state index contributed by atoms with van der Waals surface area (Å²) >= 11 is 0. The van der Waals surface area contributed by atoms with Crippen LogP contribution in [0.4, 0.5) is 5.82 Å². The first-order chi connectivity index (χ1) is 8.70. The van der Waals surface area contributed by atoms with Crippen molar-refractivity contribution in [1.82, 2.24) is 9.78 Å². The van der Waals surface area contributed by atoms with Gasteiger partial charge in [0.2, 0.25) is 0 Å². The largest absolute Gasteiger partial charge is 0.497 e. The Labute approximate surface area is 107 Å². The predicted molar refractivity (Wildman–Crippen MR) is 73.3 cm³/mol. The van der Waals surface area contributed by atoms with Gasteiger partial charge < -0.3 is 10.1 Å². The molecule has 1 aliphatic rings. The zero-order valence-electron chi connectivity index (χ0n) is 11.1. The third kappa shape index (κ3) is 1.64. The maximum atomic E-state index is 5.29. The van der Waals surface area contributed by atoms with E-state index in [0.717, 1.165) is 35.4 Å². The lowest BCUT2D eigenvalue weighted by Crippen LogP contribution is -2.26. The van der Waals surface area contributed by atoms with Crippen molar-refractivity contribution < 1.29 is 4.74 Å². The molecule has 2 heterocycles. The van der Waals surface area contributed by atoms with Gasteiger partial charge in [0.15, 0.2) is 0 Å². The van der Waals surface area contributed by atoms with Crippen molar-refractivity contribution >= 4 is 16.7 Å². The molecule has 0 amide bonds. The van der Waals surface area contributed by atoms with Crippen LogP contribution in [0.1, 0.15) is 26.3 Å². The highest BCUT2D eigenvalue weighted by Gasteiger charge is 2.25. The highest BCUT2D eigenvalue weighted by Crippen LogP contribution is 2.35. The van der Waals surface area contributed by atoms with Crippen LogP contribution < -0.4 is 10.1 Å². The van der Waals surface area contributed by atoms with Crippen molar-refractivity contribution in [3.8, 4) is 5.75 Å². The van der Waals surface area contributed by atoms with E-state index in [4.69, 9.17) is 9.84 Å². The Balaban J connectivity index is 2.18. The summed E-state index contributed by atoms with van der Waals surface area (Å²) in [6.45, 7) is 5.53. The van der Waals surface area contributed by atoms with E-state index in [9.17, 15) is 0 Å². The minimum Gasteiger partial charge on any atom is -0.497 e. The molecule has 1 atom stereocenters. The molecule has 2 aromatic rings. The molecule has 18 heavy (non-hydrogen) atoms. The lowest BCUT2D eigenvalue weighted by atomic mass is 10.00. The maximum absolute atomic E-state index is 5.29. The van der Waals surface area contributed by atoms with Crippen LogP contribution in [-0.2, 0) is 0 Å². The molecule has 96 valence electrons. The van der Waals surface area contributed by atoms with Gasteiger partial charge in [0.1, 0.15) is 11.6 Å². The fourth-order valence-corrected chi connectivity index (χ4v) is 2.70. The van der Waals surface area contributed by atoms with Gasteiger partial charge in [-0.25, -0.2) is 4.68 Å². The van der Waals surface area contributed by atoms with Crippen molar-refractivity contribution in [2.45, 2.75) is 26.3 Å². The summed E-state index contributed by atoms with van der Waals surface area (Å²) in [5.74, 6) is 2.61. The number of benzene rings is 1. The molecule has 4 nitrogen and oxygen atoms in total. The second-order valence-electron chi connectivity index (χ2n) is 5.20. The Hall–Kier alpha value is -1.71. The van der Waals surface area contributed by atoms with E-state index < -0.39 is 0 Å². The van der Waals surface area contributed by atoms with Gasteiger partial charge in [-0.05, 0) is 30.5 Å². The van der Waals surface area contributed by atoms with Gasteiger partial charge in [0.25, 0.3) is 0 Å². The van der Waals surface area contributed by atoms with Gasteiger partial charge in [0.05, 0.1) is 18.7 Å². The summed E-state index contributed by atoms with van der Waals surface area (Å²) in [6.07, 6.45) is 1.13. The third-order valence-corrected chi connectivity index (χ3v) is 3.72. The second-order valence-corrected chi connectivity index (χ2v) is 5.20. The lowest BCUT2D eigenvalue weighted by molar-refractivity contribution is 0.325. The zero-order chi connectivity index (χ0) is 12.7. The topological polar surface area (TPSA) is 39.1 Å². The average Bonchev–Trinajstić information content (AvgIpc) is 2.75. The molecular formula is C14H19N3O. The number of rotatable bonds is 2. The van der Waals surface area contributed by atoms with Crippen LogP contribution in [0.5, 0.6) is 5.75 Å². The highest BCUT2D eigenvalue weighted by molar-refractivity contribution is 5.91. The highest BCUT2D eigenvalue weighted by atomic mass is 16.5. The van der Waals surface area contributed by atoms with Gasteiger partial charge in [-0.3, -0.25) is 0 Å².